The van der Waals surface area contributed by atoms with Gasteiger partial charge in [-0.15, -0.1) is 0 Å². The first-order chi connectivity index (χ1) is 8.34. The van der Waals surface area contributed by atoms with Crippen molar-refractivity contribution in [1.29, 1.82) is 0 Å². The fourth-order valence-corrected chi connectivity index (χ4v) is 2.95. The monoisotopic (exact) mass is 229 g/mol. The quantitative estimate of drug-likeness (QED) is 0.807. The summed E-state index contributed by atoms with van der Waals surface area (Å²) in [6, 6.07) is 12.3. The molecule has 0 amide bonds. The van der Waals surface area contributed by atoms with E-state index in [1.54, 1.807) is 0 Å². The van der Waals surface area contributed by atoms with Crippen LogP contribution >= 0.6 is 0 Å². The maximum absolute atomic E-state index is 3.90. The Kier molecular flexibility index (Phi) is 3.19. The van der Waals surface area contributed by atoms with Gasteiger partial charge in [-0.3, -0.25) is 0 Å². The summed E-state index contributed by atoms with van der Waals surface area (Å²) in [6.45, 7) is 2.38. The van der Waals surface area contributed by atoms with Crippen LogP contribution in [0.4, 0.5) is 0 Å². The minimum atomic E-state index is 0.604. The molecule has 0 aromatic heterocycles. The Morgan fingerprint density at radius 1 is 1.00 bits per heavy atom. The standard InChI is InChI=1S/C16H23N/c1-12(13-8-5-9-13)17-16(15-10-11-15)14-6-3-2-4-7-14/h2-4,6-7,12-13,15-17H,5,8-11H2,1H3. The Hall–Kier alpha value is -0.820. The summed E-state index contributed by atoms with van der Waals surface area (Å²) in [5.41, 5.74) is 1.49. The van der Waals surface area contributed by atoms with Gasteiger partial charge in [-0.05, 0) is 50.0 Å². The fraction of sp³-hybridized carbons (Fsp3) is 0.625. The van der Waals surface area contributed by atoms with Crippen LogP contribution in [0.1, 0.15) is 50.6 Å². The van der Waals surface area contributed by atoms with Crippen LogP contribution in [0.5, 0.6) is 0 Å². The normalized spacial score (nSPS) is 24.1. The molecule has 0 heterocycles. The molecular formula is C16H23N. The SMILES string of the molecule is CC(NC(c1ccccc1)C1CC1)C1CCC1. The molecule has 3 rings (SSSR count). The third-order valence-electron chi connectivity index (χ3n) is 4.55. The van der Waals surface area contributed by atoms with E-state index in [0.717, 1.165) is 11.8 Å². The Balaban J connectivity index is 1.67. The lowest BCUT2D eigenvalue weighted by Crippen LogP contribution is -2.40. The summed E-state index contributed by atoms with van der Waals surface area (Å²) >= 11 is 0. The second-order valence-corrected chi connectivity index (χ2v) is 5.87. The smallest absolute Gasteiger partial charge is 0.0351 e. The second kappa shape index (κ2) is 4.81. The minimum absolute atomic E-state index is 0.604. The van der Waals surface area contributed by atoms with Gasteiger partial charge in [-0.2, -0.15) is 0 Å². The van der Waals surface area contributed by atoms with E-state index in [-0.39, 0.29) is 0 Å². The van der Waals surface area contributed by atoms with Crippen molar-refractivity contribution in [3.05, 3.63) is 35.9 Å². The predicted octanol–water partition coefficient (Wildman–Crippen LogP) is 3.92. The van der Waals surface area contributed by atoms with E-state index < -0.39 is 0 Å². The zero-order valence-electron chi connectivity index (χ0n) is 10.7. The Morgan fingerprint density at radius 2 is 1.71 bits per heavy atom. The molecule has 0 bridgehead atoms. The number of hydrogen-bond acceptors (Lipinski definition) is 1. The van der Waals surface area contributed by atoms with Crippen LogP contribution in [0.3, 0.4) is 0 Å². The average Bonchev–Trinajstić information content (AvgIpc) is 3.08. The minimum Gasteiger partial charge on any atom is -0.307 e. The molecule has 2 atom stereocenters. The Morgan fingerprint density at radius 3 is 2.24 bits per heavy atom. The van der Waals surface area contributed by atoms with Crippen molar-refractivity contribution in [2.75, 3.05) is 0 Å². The highest BCUT2D eigenvalue weighted by Gasteiger charge is 2.34. The van der Waals surface area contributed by atoms with E-state index in [9.17, 15) is 0 Å². The van der Waals surface area contributed by atoms with Crippen molar-refractivity contribution in [3.8, 4) is 0 Å². The van der Waals surface area contributed by atoms with E-state index in [2.05, 4.69) is 42.6 Å². The molecule has 2 aliphatic rings. The van der Waals surface area contributed by atoms with Gasteiger partial charge in [0.25, 0.3) is 0 Å². The summed E-state index contributed by atoms with van der Waals surface area (Å²) in [7, 11) is 0. The van der Waals surface area contributed by atoms with Crippen LogP contribution in [0.15, 0.2) is 30.3 Å². The molecule has 0 aliphatic heterocycles. The number of nitrogens with one attached hydrogen (secondary N) is 1. The molecule has 2 aliphatic carbocycles. The van der Waals surface area contributed by atoms with Crippen LogP contribution in [0.25, 0.3) is 0 Å². The van der Waals surface area contributed by atoms with Crippen LogP contribution in [-0.2, 0) is 0 Å². The zero-order chi connectivity index (χ0) is 11.7. The van der Waals surface area contributed by atoms with Crippen molar-refractivity contribution in [2.45, 2.75) is 51.1 Å². The summed E-state index contributed by atoms with van der Waals surface area (Å²) in [5.74, 6) is 1.82. The van der Waals surface area contributed by atoms with E-state index in [0.29, 0.717) is 12.1 Å². The molecule has 2 saturated carbocycles. The first-order valence-corrected chi connectivity index (χ1v) is 7.15. The number of rotatable bonds is 5. The summed E-state index contributed by atoms with van der Waals surface area (Å²) in [4.78, 5) is 0. The topological polar surface area (TPSA) is 12.0 Å². The lowest BCUT2D eigenvalue weighted by Gasteiger charge is -2.35. The summed E-state index contributed by atoms with van der Waals surface area (Å²) < 4.78 is 0. The first-order valence-electron chi connectivity index (χ1n) is 7.15. The zero-order valence-corrected chi connectivity index (χ0v) is 10.7. The average molecular weight is 229 g/mol. The number of benzene rings is 1. The molecule has 1 N–H and O–H groups in total. The van der Waals surface area contributed by atoms with E-state index in [4.69, 9.17) is 0 Å². The lowest BCUT2D eigenvalue weighted by molar-refractivity contribution is 0.221. The molecule has 92 valence electrons. The molecule has 0 spiro atoms. The fourth-order valence-electron chi connectivity index (χ4n) is 2.95. The summed E-state index contributed by atoms with van der Waals surface area (Å²) in [6.07, 6.45) is 7.12. The van der Waals surface area contributed by atoms with Crippen LogP contribution < -0.4 is 5.32 Å². The molecular weight excluding hydrogens is 206 g/mol. The third-order valence-corrected chi connectivity index (χ3v) is 4.55. The maximum Gasteiger partial charge on any atom is 0.0351 e. The van der Waals surface area contributed by atoms with E-state index in [1.165, 1.54) is 37.7 Å². The molecule has 1 heteroatoms. The Labute approximate surface area is 105 Å². The molecule has 1 aromatic carbocycles. The van der Waals surface area contributed by atoms with Crippen molar-refractivity contribution in [2.24, 2.45) is 11.8 Å². The van der Waals surface area contributed by atoms with Gasteiger partial charge in [0.15, 0.2) is 0 Å². The molecule has 1 nitrogen and oxygen atoms in total. The van der Waals surface area contributed by atoms with E-state index >= 15 is 0 Å². The van der Waals surface area contributed by atoms with Crippen molar-refractivity contribution in [1.82, 2.24) is 5.32 Å². The molecule has 17 heavy (non-hydrogen) atoms. The van der Waals surface area contributed by atoms with Crippen LogP contribution in [-0.4, -0.2) is 6.04 Å². The van der Waals surface area contributed by atoms with Crippen molar-refractivity contribution < 1.29 is 0 Å². The van der Waals surface area contributed by atoms with Gasteiger partial charge >= 0.3 is 0 Å². The largest absolute Gasteiger partial charge is 0.307 e. The molecule has 1 aromatic rings. The van der Waals surface area contributed by atoms with Gasteiger partial charge in [0, 0.05) is 12.1 Å². The highest BCUT2D eigenvalue weighted by atomic mass is 15.0. The van der Waals surface area contributed by atoms with Crippen molar-refractivity contribution >= 4 is 0 Å². The van der Waals surface area contributed by atoms with Gasteiger partial charge in [0.1, 0.15) is 0 Å². The molecule has 0 saturated heterocycles. The highest BCUT2D eigenvalue weighted by molar-refractivity contribution is 5.21. The number of hydrogen-bond donors (Lipinski definition) is 1. The first kappa shape index (κ1) is 11.3. The van der Waals surface area contributed by atoms with Crippen LogP contribution in [0.2, 0.25) is 0 Å². The van der Waals surface area contributed by atoms with Gasteiger partial charge < -0.3 is 5.32 Å². The van der Waals surface area contributed by atoms with Crippen LogP contribution in [0, 0.1) is 11.8 Å². The Bertz CT molecular complexity index is 351. The third kappa shape index (κ3) is 2.55. The predicted molar refractivity (Wildman–Crippen MR) is 71.8 cm³/mol. The van der Waals surface area contributed by atoms with Crippen molar-refractivity contribution in [3.63, 3.8) is 0 Å². The second-order valence-electron chi connectivity index (χ2n) is 5.87. The summed E-state index contributed by atoms with van der Waals surface area (Å²) in [5, 5.41) is 3.90. The van der Waals surface area contributed by atoms with Gasteiger partial charge in [0.05, 0.1) is 0 Å². The molecule has 2 unspecified atom stereocenters. The lowest BCUT2D eigenvalue weighted by atomic mass is 9.80. The van der Waals surface area contributed by atoms with E-state index in [1.807, 2.05) is 0 Å². The highest BCUT2D eigenvalue weighted by Crippen LogP contribution is 2.42. The molecule has 0 radical (unpaired) electrons. The molecule has 2 fully saturated rings. The van der Waals surface area contributed by atoms with Gasteiger partial charge in [-0.25, -0.2) is 0 Å². The van der Waals surface area contributed by atoms with Gasteiger partial charge in [-0.1, -0.05) is 36.8 Å². The maximum atomic E-state index is 3.90. The van der Waals surface area contributed by atoms with Gasteiger partial charge in [0.2, 0.25) is 0 Å².